The van der Waals surface area contributed by atoms with E-state index in [9.17, 15) is 41.1 Å². The van der Waals surface area contributed by atoms with Gasteiger partial charge in [0.25, 0.3) is 27.3 Å². The van der Waals surface area contributed by atoms with Crippen molar-refractivity contribution in [3.63, 3.8) is 0 Å². The molecule has 9 aromatic rings. The lowest BCUT2D eigenvalue weighted by atomic mass is 9.91. The Morgan fingerprint density at radius 2 is 1.20 bits per heavy atom. The molecule has 6 N–H and O–H groups in total. The zero-order valence-corrected chi connectivity index (χ0v) is 52.4. The smallest absolute Gasteiger partial charge is 0.297 e. The summed E-state index contributed by atoms with van der Waals surface area (Å²) >= 11 is 0.821. The zero-order valence-electron chi connectivity index (χ0n) is 49.9. The third-order valence-electron chi connectivity index (χ3n) is 14.7. The van der Waals surface area contributed by atoms with Crippen LogP contribution in [-0.2, 0) is 40.5 Å². The van der Waals surface area contributed by atoms with Crippen LogP contribution < -0.4 is 31.6 Å². The molecule has 9 rings (SSSR count). The fourth-order valence-corrected chi connectivity index (χ4v) is 12.4. The highest BCUT2D eigenvalue weighted by Gasteiger charge is 2.34. The Bertz CT molecular complexity index is 4330. The summed E-state index contributed by atoms with van der Waals surface area (Å²) in [4.78, 5) is 54.1. The van der Waals surface area contributed by atoms with Crippen molar-refractivity contribution >= 4 is 106 Å². The summed E-state index contributed by atoms with van der Waals surface area (Å²) in [6.45, 7) is 7.78. The number of hydrogen-bond donors (Lipinski definition) is 6. The number of para-hydroxylation sites is 2. The Balaban J connectivity index is 0.897. The number of amides is 1. The van der Waals surface area contributed by atoms with Crippen molar-refractivity contribution in [1.29, 1.82) is 0 Å². The van der Waals surface area contributed by atoms with Crippen LogP contribution in [0.5, 0.6) is 5.75 Å². The van der Waals surface area contributed by atoms with Crippen LogP contribution in [0.1, 0.15) is 126 Å². The van der Waals surface area contributed by atoms with Gasteiger partial charge in [0, 0.05) is 39.0 Å². The van der Waals surface area contributed by atoms with E-state index in [1.807, 2.05) is 24.3 Å². The quantitative estimate of drug-likeness (QED) is 0.00587. The first kappa shape index (κ1) is 65.7. The number of rotatable bonds is 31. The Labute approximate surface area is 524 Å². The van der Waals surface area contributed by atoms with E-state index in [0.29, 0.717) is 55.5 Å². The maximum Gasteiger partial charge on any atom is 0.297 e. The first-order chi connectivity index (χ1) is 43.1. The van der Waals surface area contributed by atoms with E-state index >= 15 is 0 Å². The van der Waals surface area contributed by atoms with Gasteiger partial charge < -0.3 is 30.5 Å². The van der Waals surface area contributed by atoms with Gasteiger partial charge in [0.1, 0.15) is 11.5 Å². The summed E-state index contributed by atoms with van der Waals surface area (Å²) in [7, 11) is -8.77. The van der Waals surface area contributed by atoms with E-state index in [4.69, 9.17) is 14.5 Å². The average Bonchev–Trinajstić information content (AvgIpc) is 1.71. The summed E-state index contributed by atoms with van der Waals surface area (Å²) in [6, 6.07) is 36.2. The van der Waals surface area contributed by atoms with Crippen LogP contribution in [0.3, 0.4) is 0 Å². The number of sulfone groups is 1. The van der Waals surface area contributed by atoms with Crippen LogP contribution in [0.25, 0.3) is 27.2 Å². The minimum atomic E-state index is -4.44. The first-order valence-corrected chi connectivity index (χ1v) is 33.2. The molecule has 1 amide bonds. The van der Waals surface area contributed by atoms with Crippen molar-refractivity contribution < 1.29 is 55.0 Å². The molecule has 26 heteroatoms. The van der Waals surface area contributed by atoms with Gasteiger partial charge in [0.05, 0.1) is 50.4 Å². The molecule has 0 aliphatic heterocycles. The number of unbranched alkanes of at least 4 members (excludes halogenated alkanes) is 11. The molecule has 0 radical (unpaired) electrons. The molecule has 0 aliphatic rings. The second-order valence-electron chi connectivity index (χ2n) is 22.5. The lowest BCUT2D eigenvalue weighted by Gasteiger charge is -2.16. The van der Waals surface area contributed by atoms with E-state index in [1.54, 1.807) is 81.4 Å². The number of aromatic nitrogens is 4. The number of anilines is 7. The topological polar surface area (TPSA) is 319 Å². The second-order valence-corrected chi connectivity index (χ2v) is 26.7. The number of benzene rings is 7. The molecule has 0 bridgehead atoms. The van der Waals surface area contributed by atoms with E-state index < -0.39 is 53.2 Å². The molecule has 2 aromatic heterocycles. The molecule has 0 fully saturated rings. The van der Waals surface area contributed by atoms with Gasteiger partial charge in [-0.25, -0.2) is 13.7 Å². The van der Waals surface area contributed by atoms with E-state index in [1.165, 1.54) is 106 Å². The van der Waals surface area contributed by atoms with E-state index in [2.05, 4.69) is 52.5 Å². The Hall–Kier alpha value is -8.76. The highest BCUT2D eigenvalue weighted by molar-refractivity contribution is 7.94. The van der Waals surface area contributed by atoms with Crippen molar-refractivity contribution in [1.82, 2.24) is 19.7 Å². The fourth-order valence-electron chi connectivity index (χ4n) is 10.1. The molecule has 0 unspecified atom stereocenters. The van der Waals surface area contributed by atoms with Gasteiger partial charge in [-0.1, -0.05) is 140 Å². The lowest BCUT2D eigenvalue weighted by Crippen LogP contribution is -2.22. The van der Waals surface area contributed by atoms with Crippen molar-refractivity contribution in [3.8, 4) is 11.4 Å². The Kier molecular flexibility index (Phi) is 21.7. The van der Waals surface area contributed by atoms with Crippen LogP contribution >= 0.6 is 12.0 Å². The minimum absolute atomic E-state index is 0.0182. The van der Waals surface area contributed by atoms with Gasteiger partial charge in [0.2, 0.25) is 17.8 Å². The van der Waals surface area contributed by atoms with E-state index in [-0.39, 0.29) is 50.2 Å². The third kappa shape index (κ3) is 17.3. The number of nitro groups is 1. The van der Waals surface area contributed by atoms with Crippen LogP contribution in [0.2, 0.25) is 0 Å². The van der Waals surface area contributed by atoms with Crippen molar-refractivity contribution in [2.75, 3.05) is 27.9 Å². The molecule has 2 heterocycles. The Morgan fingerprint density at radius 3 is 1.79 bits per heavy atom. The van der Waals surface area contributed by atoms with Crippen molar-refractivity contribution in [2.45, 2.75) is 131 Å². The molecular weight excluding hydrogens is 1210 g/mol. The van der Waals surface area contributed by atoms with Gasteiger partial charge >= 0.3 is 0 Å². The van der Waals surface area contributed by atoms with Crippen LogP contribution in [0.15, 0.2) is 164 Å². The van der Waals surface area contributed by atoms with Gasteiger partial charge in [-0.3, -0.25) is 24.3 Å². The molecule has 23 nitrogen and oxygen atoms in total. The number of hydrogen-bond acceptors (Lipinski definition) is 20. The van der Waals surface area contributed by atoms with E-state index in [0.717, 1.165) is 48.1 Å². The number of nitrogens with one attached hydrogen (secondary N) is 4. The van der Waals surface area contributed by atoms with Gasteiger partial charge in [-0.15, -0.1) is 9.07 Å². The van der Waals surface area contributed by atoms with Crippen LogP contribution in [0, 0.1) is 10.1 Å². The average molecular weight is 1280 g/mol. The number of nitrogens with zero attached hydrogens (tertiary/aromatic N) is 5. The molecule has 7 aromatic carbocycles. The SMILES string of the molecule is CCCCCCCCCCCCCCOc1ccccc1NC(=O)c1ccc(-n2oc(C(C)(C)C)c(CS(=O)(=O)c3ccc(Nc4nc(Nc5ccc6cc(SOOO)ccc6c5)nc(Nc5ccc6cc(S(=O)(=O)O)ccc6c5)n4)cc3)c2=O)c([N+](=O)[O-])c1. The number of carbonyl (C=O) groups excluding carboxylic acids is 1. The molecule has 0 spiro atoms. The molecule has 0 aliphatic carbocycles. The summed E-state index contributed by atoms with van der Waals surface area (Å²) in [5.41, 5.74) is -1.41. The first-order valence-electron chi connectivity index (χ1n) is 29.3. The lowest BCUT2D eigenvalue weighted by molar-refractivity contribution is -0.432. The number of ether oxygens (including phenoxy) is 1. The van der Waals surface area contributed by atoms with Crippen molar-refractivity contribution in [2.24, 2.45) is 0 Å². The van der Waals surface area contributed by atoms with Gasteiger partial charge in [0.15, 0.2) is 15.5 Å². The monoisotopic (exact) mass is 1280 g/mol. The number of fused-ring (bicyclic) bond motifs is 2. The maximum atomic E-state index is 14.4. The number of carbonyl (C=O) groups is 1. The number of nitro benzene ring substituents is 1. The normalized spacial score (nSPS) is 11.9. The summed E-state index contributed by atoms with van der Waals surface area (Å²) < 4.78 is 79.2. The van der Waals surface area contributed by atoms with Gasteiger partial charge in [-0.05, 0) is 125 Å². The molecule has 90 heavy (non-hydrogen) atoms. The molecule has 0 atom stereocenters. The van der Waals surface area contributed by atoms with Crippen LogP contribution in [0.4, 0.5) is 46.3 Å². The standard InChI is InChI=1S/C64H69N9O14S3/c1-5-6-7-8-9-10-11-12-13-14-15-18-35-84-57-20-17-16-19-54(57)68-59(74)46-25-34-55(56(40-46)73(76)77)72-60(75)53(58(85-72)64(2,3)4)41-89(79,80)51-32-28-47(29-33-51)65-61-69-62(66-48-26-21-44-38-50(88-87-86-78)30-23-42(44)36-48)71-63(70-61)67-49-27-22-45-39-52(90(81,82)83)31-24-43(45)37-49/h16-17,19-34,36-40,78H,5-15,18,35,41H2,1-4H3,(H,68,74)(H,81,82,83)(H3,65,66,67,69,70,71). The molecule has 472 valence electrons. The molecule has 0 saturated carbocycles. The third-order valence-corrected chi connectivity index (χ3v) is 17.7. The maximum absolute atomic E-state index is 14.4. The summed E-state index contributed by atoms with van der Waals surface area (Å²) in [5.74, 6) is -0.927. The van der Waals surface area contributed by atoms with Crippen LogP contribution in [-0.4, -0.2) is 63.8 Å². The highest BCUT2D eigenvalue weighted by Crippen LogP contribution is 2.34. The van der Waals surface area contributed by atoms with Crippen molar-refractivity contribution in [3.05, 3.63) is 177 Å². The predicted molar refractivity (Wildman–Crippen MR) is 346 cm³/mol. The summed E-state index contributed by atoms with van der Waals surface area (Å²) in [5, 5.41) is 40.1. The minimum Gasteiger partial charge on any atom is -0.491 e. The second kappa shape index (κ2) is 29.7. The largest absolute Gasteiger partial charge is 0.491 e. The predicted octanol–water partition coefficient (Wildman–Crippen LogP) is 15.3. The summed E-state index contributed by atoms with van der Waals surface area (Å²) in [6.07, 6.45) is 14.5. The van der Waals surface area contributed by atoms with Gasteiger partial charge in [-0.2, -0.15) is 23.4 Å². The Morgan fingerprint density at radius 1 is 0.667 bits per heavy atom. The fraction of sp³-hybridized carbons (Fsp3) is 0.297. The zero-order chi connectivity index (χ0) is 64.0. The molecular formula is C64H69N9O14S3. The highest BCUT2D eigenvalue weighted by atomic mass is 32.2. The molecule has 0 saturated heterocycles.